The van der Waals surface area contributed by atoms with Crippen molar-refractivity contribution in [3.63, 3.8) is 0 Å². The Labute approximate surface area is 148 Å². The highest BCUT2D eigenvalue weighted by atomic mass is 35.5. The van der Waals surface area contributed by atoms with Crippen molar-refractivity contribution in [1.82, 2.24) is 5.16 Å². The number of benzene rings is 1. The molecule has 0 spiro atoms. The van der Waals surface area contributed by atoms with Crippen molar-refractivity contribution in [3.05, 3.63) is 51.7 Å². The van der Waals surface area contributed by atoms with Crippen molar-refractivity contribution < 1.29 is 18.8 Å². The van der Waals surface area contributed by atoms with Gasteiger partial charge in [0.05, 0.1) is 0 Å². The Morgan fingerprint density at radius 1 is 1.33 bits per heavy atom. The summed E-state index contributed by atoms with van der Waals surface area (Å²) in [6.45, 7) is 3.13. The second kappa shape index (κ2) is 7.99. The minimum Gasteiger partial charge on any atom is -0.449 e. The molecule has 1 N–H and O–H groups in total. The Kier molecular flexibility index (Phi) is 6.00. The van der Waals surface area contributed by atoms with Crippen LogP contribution in [0, 0.1) is 6.92 Å². The van der Waals surface area contributed by atoms with E-state index in [0.717, 1.165) is 6.08 Å². The third-order valence-corrected chi connectivity index (χ3v) is 3.59. The molecule has 6 nitrogen and oxygen atoms in total. The lowest BCUT2D eigenvalue weighted by Gasteiger charge is -2.10. The van der Waals surface area contributed by atoms with Gasteiger partial charge in [-0.3, -0.25) is 4.79 Å². The first kappa shape index (κ1) is 18.0. The molecule has 1 aromatic heterocycles. The fourth-order valence-corrected chi connectivity index (χ4v) is 2.26. The number of carbonyl (C=O) groups is 2. The summed E-state index contributed by atoms with van der Waals surface area (Å²) in [5.41, 5.74) is 0.493. The van der Waals surface area contributed by atoms with E-state index in [-0.39, 0.29) is 5.82 Å². The SMILES string of the molecule is Cc1cc(NC(=O)[C@@H](C)OC(=O)/C=C/c2c(Cl)cccc2Cl)no1. The van der Waals surface area contributed by atoms with Crippen LogP contribution in [-0.4, -0.2) is 23.1 Å². The third-order valence-electron chi connectivity index (χ3n) is 2.93. The summed E-state index contributed by atoms with van der Waals surface area (Å²) in [6.07, 6.45) is 1.57. The summed E-state index contributed by atoms with van der Waals surface area (Å²) in [6, 6.07) is 6.53. The Morgan fingerprint density at radius 2 is 2.00 bits per heavy atom. The van der Waals surface area contributed by atoms with E-state index in [9.17, 15) is 9.59 Å². The van der Waals surface area contributed by atoms with Gasteiger partial charge in [0, 0.05) is 27.8 Å². The number of hydrogen-bond donors (Lipinski definition) is 1. The van der Waals surface area contributed by atoms with Crippen LogP contribution in [0.15, 0.2) is 34.9 Å². The summed E-state index contributed by atoms with van der Waals surface area (Å²) in [5, 5.41) is 6.90. The second-order valence-electron chi connectivity index (χ2n) is 4.86. The molecule has 1 aromatic carbocycles. The number of aromatic nitrogens is 1. The number of anilines is 1. The summed E-state index contributed by atoms with van der Waals surface area (Å²) in [5.74, 6) is -0.431. The second-order valence-corrected chi connectivity index (χ2v) is 5.67. The van der Waals surface area contributed by atoms with Gasteiger partial charge >= 0.3 is 5.97 Å². The number of nitrogens with zero attached hydrogens (tertiary/aromatic N) is 1. The lowest BCUT2D eigenvalue weighted by Crippen LogP contribution is -2.29. The number of ether oxygens (including phenoxy) is 1. The van der Waals surface area contributed by atoms with Crippen LogP contribution in [0.5, 0.6) is 0 Å². The van der Waals surface area contributed by atoms with Crippen molar-refractivity contribution >= 4 is 47.0 Å². The summed E-state index contributed by atoms with van der Waals surface area (Å²) in [4.78, 5) is 23.7. The Balaban J connectivity index is 1.93. The van der Waals surface area contributed by atoms with Crippen LogP contribution in [0.2, 0.25) is 10.0 Å². The number of carbonyl (C=O) groups excluding carboxylic acids is 2. The molecule has 0 aliphatic heterocycles. The predicted molar refractivity (Wildman–Crippen MR) is 90.9 cm³/mol. The van der Waals surface area contributed by atoms with E-state index in [1.807, 2.05) is 0 Å². The van der Waals surface area contributed by atoms with Gasteiger partial charge in [-0.15, -0.1) is 0 Å². The number of esters is 1. The molecular formula is C16H14Cl2N2O4. The average Bonchev–Trinajstić information content (AvgIpc) is 2.91. The van der Waals surface area contributed by atoms with Gasteiger partial charge < -0.3 is 14.6 Å². The van der Waals surface area contributed by atoms with Crippen LogP contribution in [-0.2, 0) is 14.3 Å². The third kappa shape index (κ3) is 4.84. The highest BCUT2D eigenvalue weighted by Gasteiger charge is 2.18. The molecule has 0 fully saturated rings. The molecular weight excluding hydrogens is 355 g/mol. The average molecular weight is 369 g/mol. The van der Waals surface area contributed by atoms with Gasteiger partial charge in [-0.25, -0.2) is 4.79 Å². The lowest BCUT2D eigenvalue weighted by atomic mass is 10.2. The number of nitrogens with one attached hydrogen (secondary N) is 1. The van der Waals surface area contributed by atoms with Crippen LogP contribution < -0.4 is 5.32 Å². The molecule has 0 aliphatic carbocycles. The molecule has 1 atom stereocenters. The van der Waals surface area contributed by atoms with Crippen LogP contribution in [0.1, 0.15) is 18.2 Å². The number of amides is 1. The van der Waals surface area contributed by atoms with E-state index in [4.69, 9.17) is 32.5 Å². The molecule has 1 heterocycles. The quantitative estimate of drug-likeness (QED) is 0.639. The van der Waals surface area contributed by atoms with E-state index in [0.29, 0.717) is 21.4 Å². The molecule has 0 saturated heterocycles. The first-order valence-electron chi connectivity index (χ1n) is 6.93. The molecule has 2 aromatic rings. The highest BCUT2D eigenvalue weighted by molar-refractivity contribution is 6.37. The predicted octanol–water partition coefficient (Wildman–Crippen LogP) is 3.87. The Hall–Kier alpha value is -2.31. The maximum atomic E-state index is 11.9. The molecule has 1 amide bonds. The molecule has 0 bridgehead atoms. The van der Waals surface area contributed by atoms with E-state index < -0.39 is 18.0 Å². The maximum Gasteiger partial charge on any atom is 0.331 e. The minimum atomic E-state index is -1.01. The molecule has 126 valence electrons. The number of halogens is 2. The largest absolute Gasteiger partial charge is 0.449 e. The van der Waals surface area contributed by atoms with Gasteiger partial charge in [-0.2, -0.15) is 0 Å². The lowest BCUT2D eigenvalue weighted by molar-refractivity contribution is -0.148. The maximum absolute atomic E-state index is 11.9. The number of hydrogen-bond acceptors (Lipinski definition) is 5. The van der Waals surface area contributed by atoms with E-state index in [1.165, 1.54) is 13.0 Å². The first-order valence-corrected chi connectivity index (χ1v) is 7.69. The fourth-order valence-electron chi connectivity index (χ4n) is 1.74. The standard InChI is InChI=1S/C16H14Cl2N2O4/c1-9-8-14(20-24-9)19-16(22)10(2)23-15(21)7-6-11-12(17)4-3-5-13(11)18/h3-8,10H,1-2H3,(H,19,20,22)/b7-6+/t10-/m1/s1. The molecule has 0 saturated carbocycles. The molecule has 24 heavy (non-hydrogen) atoms. The smallest absolute Gasteiger partial charge is 0.331 e. The van der Waals surface area contributed by atoms with Crippen molar-refractivity contribution in [3.8, 4) is 0 Å². The van der Waals surface area contributed by atoms with Gasteiger partial charge in [0.25, 0.3) is 5.91 Å². The zero-order chi connectivity index (χ0) is 17.7. The van der Waals surface area contributed by atoms with Crippen LogP contribution in [0.25, 0.3) is 6.08 Å². The summed E-state index contributed by atoms with van der Waals surface area (Å²) in [7, 11) is 0. The van der Waals surface area contributed by atoms with E-state index >= 15 is 0 Å². The summed E-state index contributed by atoms with van der Waals surface area (Å²) < 4.78 is 9.84. The molecule has 2 rings (SSSR count). The van der Waals surface area contributed by atoms with Crippen molar-refractivity contribution in [2.75, 3.05) is 5.32 Å². The van der Waals surface area contributed by atoms with E-state index in [1.54, 1.807) is 31.2 Å². The van der Waals surface area contributed by atoms with E-state index in [2.05, 4.69) is 10.5 Å². The highest BCUT2D eigenvalue weighted by Crippen LogP contribution is 2.25. The van der Waals surface area contributed by atoms with Crippen LogP contribution >= 0.6 is 23.2 Å². The Morgan fingerprint density at radius 3 is 2.58 bits per heavy atom. The molecule has 0 radical (unpaired) electrons. The van der Waals surface area contributed by atoms with Gasteiger partial charge in [0.2, 0.25) is 0 Å². The Bertz CT molecular complexity index is 766. The first-order chi connectivity index (χ1) is 11.4. The number of aryl methyl sites for hydroxylation is 1. The van der Waals surface area contributed by atoms with Crippen molar-refractivity contribution in [2.24, 2.45) is 0 Å². The topological polar surface area (TPSA) is 81.4 Å². The normalized spacial score (nSPS) is 12.2. The van der Waals surface area contributed by atoms with Gasteiger partial charge in [-0.05, 0) is 32.1 Å². The fraction of sp³-hybridized carbons (Fsp3) is 0.188. The molecule has 0 aliphatic rings. The van der Waals surface area contributed by atoms with Crippen molar-refractivity contribution in [1.29, 1.82) is 0 Å². The van der Waals surface area contributed by atoms with Gasteiger partial charge in [0.1, 0.15) is 5.76 Å². The zero-order valence-corrected chi connectivity index (χ0v) is 14.4. The van der Waals surface area contributed by atoms with Crippen molar-refractivity contribution in [2.45, 2.75) is 20.0 Å². The molecule has 8 heteroatoms. The van der Waals surface area contributed by atoms with Crippen LogP contribution in [0.4, 0.5) is 5.82 Å². The molecule has 0 unspecified atom stereocenters. The van der Waals surface area contributed by atoms with Crippen LogP contribution in [0.3, 0.4) is 0 Å². The number of rotatable bonds is 5. The monoisotopic (exact) mass is 368 g/mol. The zero-order valence-electron chi connectivity index (χ0n) is 12.9. The summed E-state index contributed by atoms with van der Waals surface area (Å²) >= 11 is 12.0. The minimum absolute atomic E-state index is 0.249. The van der Waals surface area contributed by atoms with Gasteiger partial charge in [0.15, 0.2) is 11.9 Å². The van der Waals surface area contributed by atoms with Gasteiger partial charge in [-0.1, -0.05) is 34.4 Å².